The Bertz CT molecular complexity index is 856. The van der Waals surface area contributed by atoms with E-state index < -0.39 is 6.10 Å². The number of pyridine rings is 1. The minimum atomic E-state index is -0.762. The van der Waals surface area contributed by atoms with Crippen molar-refractivity contribution in [1.29, 1.82) is 0 Å². The fraction of sp³-hybridized carbons (Fsp3) is 0.607. The van der Waals surface area contributed by atoms with Crippen LogP contribution in [-0.2, 0) is 17.8 Å². The topological polar surface area (TPSA) is 98.1 Å². The summed E-state index contributed by atoms with van der Waals surface area (Å²) < 4.78 is 5.81. The number of aliphatic hydroxyl groups is 2. The molecule has 218 valence electrons. The summed E-state index contributed by atoms with van der Waals surface area (Å²) in [6.45, 7) is 4.90. The highest BCUT2D eigenvalue weighted by molar-refractivity contribution is 8.93. The van der Waals surface area contributed by atoms with E-state index in [-0.39, 0.29) is 69.0 Å². The summed E-state index contributed by atoms with van der Waals surface area (Å²) in [5.41, 5.74) is 3.39. The van der Waals surface area contributed by atoms with Crippen molar-refractivity contribution in [3.63, 3.8) is 0 Å². The zero-order chi connectivity index (χ0) is 24.7. The predicted molar refractivity (Wildman–Crippen MR) is 171 cm³/mol. The van der Waals surface area contributed by atoms with Crippen LogP contribution >= 0.6 is 50.9 Å². The molecule has 1 aliphatic heterocycles. The lowest BCUT2D eigenvalue weighted by molar-refractivity contribution is 0.127. The van der Waals surface area contributed by atoms with Gasteiger partial charge in [0, 0.05) is 38.5 Å². The highest BCUT2D eigenvalue weighted by atomic mass is 79.9. The Morgan fingerprint density at radius 2 is 1.55 bits per heavy atom. The Morgan fingerprint density at radius 1 is 0.868 bits per heavy atom. The summed E-state index contributed by atoms with van der Waals surface area (Å²) in [6.07, 6.45) is 9.75. The Balaban J connectivity index is 0.00000456. The standard InChI is InChI=1S/C28H43N3O4.3BrH/c32-22-26-27(33)15-14-25(30-26)28(34)21-29-16-4-1-2-7-19-35-20-8-9-23-10-12-24(13-11-23)31-17-5-3-6-18-31;;;/h10-15,28-29,32-34H,1-9,16-22H2;3*1H. The number of aromatic hydroxyl groups is 1. The van der Waals surface area contributed by atoms with E-state index in [0.29, 0.717) is 12.2 Å². The van der Waals surface area contributed by atoms with Crippen LogP contribution < -0.4 is 10.2 Å². The molecule has 1 atom stereocenters. The highest BCUT2D eigenvalue weighted by Gasteiger charge is 2.12. The van der Waals surface area contributed by atoms with Gasteiger partial charge >= 0.3 is 0 Å². The number of ether oxygens (including phenoxy) is 1. The Labute approximate surface area is 259 Å². The van der Waals surface area contributed by atoms with Crippen LogP contribution in [0.3, 0.4) is 0 Å². The lowest BCUT2D eigenvalue weighted by Crippen LogP contribution is -2.29. The van der Waals surface area contributed by atoms with E-state index in [2.05, 4.69) is 39.5 Å². The number of anilines is 1. The molecular formula is C28H46Br3N3O4. The second kappa shape index (κ2) is 22.0. The van der Waals surface area contributed by atoms with E-state index in [4.69, 9.17) is 9.84 Å². The molecular weight excluding hydrogens is 682 g/mol. The molecule has 2 heterocycles. The van der Waals surface area contributed by atoms with E-state index in [1.807, 2.05) is 0 Å². The molecule has 1 aliphatic rings. The SMILES string of the molecule is Br.Br.Br.OCc1nc(C(O)CNCCCCCCOCCCc2ccc(N3CCCCC3)cc2)ccc1O. The molecule has 1 fully saturated rings. The number of hydrogen-bond donors (Lipinski definition) is 4. The van der Waals surface area contributed by atoms with Crippen LogP contribution in [-0.4, -0.2) is 59.7 Å². The van der Waals surface area contributed by atoms with Crippen LogP contribution in [0.2, 0.25) is 0 Å². The predicted octanol–water partition coefficient (Wildman–Crippen LogP) is 5.84. The lowest BCUT2D eigenvalue weighted by Gasteiger charge is -2.28. The van der Waals surface area contributed by atoms with Crippen LogP contribution in [0.4, 0.5) is 5.69 Å². The number of aliphatic hydroxyl groups excluding tert-OH is 2. The largest absolute Gasteiger partial charge is 0.506 e. The van der Waals surface area contributed by atoms with E-state index in [9.17, 15) is 10.2 Å². The van der Waals surface area contributed by atoms with E-state index in [1.54, 1.807) is 6.07 Å². The maximum absolute atomic E-state index is 10.2. The zero-order valence-electron chi connectivity index (χ0n) is 22.2. The van der Waals surface area contributed by atoms with Gasteiger partial charge in [0.2, 0.25) is 0 Å². The minimum Gasteiger partial charge on any atom is -0.506 e. The van der Waals surface area contributed by atoms with Gasteiger partial charge in [-0.15, -0.1) is 50.9 Å². The van der Waals surface area contributed by atoms with E-state index in [0.717, 1.165) is 58.3 Å². The van der Waals surface area contributed by atoms with Crippen molar-refractivity contribution in [2.75, 3.05) is 44.3 Å². The first-order valence-electron chi connectivity index (χ1n) is 13.3. The van der Waals surface area contributed by atoms with Crippen LogP contribution in [0.5, 0.6) is 5.75 Å². The molecule has 0 aliphatic carbocycles. The average molecular weight is 728 g/mol. The Morgan fingerprint density at radius 3 is 2.26 bits per heavy atom. The molecule has 1 saturated heterocycles. The molecule has 1 aromatic carbocycles. The fourth-order valence-electron chi connectivity index (χ4n) is 4.47. The summed E-state index contributed by atoms with van der Waals surface area (Å²) in [7, 11) is 0. The van der Waals surface area contributed by atoms with E-state index >= 15 is 0 Å². The van der Waals surface area contributed by atoms with Gasteiger partial charge in [0.05, 0.1) is 12.3 Å². The van der Waals surface area contributed by atoms with Crippen LogP contribution in [0.25, 0.3) is 0 Å². The zero-order valence-corrected chi connectivity index (χ0v) is 27.4. The number of nitrogens with one attached hydrogen (secondary N) is 1. The normalized spacial score (nSPS) is 13.7. The molecule has 0 bridgehead atoms. The number of unbranched alkanes of at least 4 members (excludes halogenated alkanes) is 3. The Kier molecular flexibility index (Phi) is 21.6. The number of aromatic nitrogens is 1. The summed E-state index contributed by atoms with van der Waals surface area (Å²) in [5.74, 6) is -0.0572. The van der Waals surface area contributed by atoms with Gasteiger partial charge in [-0.05, 0) is 81.3 Å². The number of hydrogen-bond acceptors (Lipinski definition) is 7. The molecule has 0 radical (unpaired) electrons. The molecule has 0 saturated carbocycles. The van der Waals surface area contributed by atoms with Crippen LogP contribution in [0.1, 0.15) is 74.4 Å². The van der Waals surface area contributed by atoms with Crippen molar-refractivity contribution in [2.45, 2.75) is 70.5 Å². The van der Waals surface area contributed by atoms with Crippen molar-refractivity contribution in [1.82, 2.24) is 10.3 Å². The first-order chi connectivity index (χ1) is 17.2. The van der Waals surface area contributed by atoms with Gasteiger partial charge in [-0.25, -0.2) is 4.98 Å². The van der Waals surface area contributed by atoms with Crippen molar-refractivity contribution in [2.24, 2.45) is 0 Å². The van der Waals surface area contributed by atoms with E-state index in [1.165, 1.54) is 49.7 Å². The third-order valence-electron chi connectivity index (χ3n) is 6.60. The third-order valence-corrected chi connectivity index (χ3v) is 6.60. The number of nitrogens with zero attached hydrogens (tertiary/aromatic N) is 2. The number of aryl methyl sites for hydroxylation is 1. The number of rotatable bonds is 16. The van der Waals surface area contributed by atoms with Gasteiger partial charge in [-0.3, -0.25) is 0 Å². The fourth-order valence-corrected chi connectivity index (χ4v) is 4.47. The second-order valence-electron chi connectivity index (χ2n) is 9.42. The molecule has 2 aromatic rings. The molecule has 1 aromatic heterocycles. The lowest BCUT2D eigenvalue weighted by atomic mass is 10.1. The van der Waals surface area contributed by atoms with Gasteiger partial charge in [-0.1, -0.05) is 25.0 Å². The van der Waals surface area contributed by atoms with Gasteiger partial charge < -0.3 is 30.3 Å². The van der Waals surface area contributed by atoms with Crippen molar-refractivity contribution in [3.05, 3.63) is 53.3 Å². The maximum atomic E-state index is 10.2. The first kappa shape index (κ1) is 37.2. The second-order valence-corrected chi connectivity index (χ2v) is 9.42. The minimum absolute atomic E-state index is 0. The quantitative estimate of drug-likeness (QED) is 0.162. The molecule has 0 amide bonds. The first-order valence-corrected chi connectivity index (χ1v) is 13.3. The van der Waals surface area contributed by atoms with Crippen molar-refractivity contribution in [3.8, 4) is 5.75 Å². The molecule has 4 N–H and O–H groups in total. The van der Waals surface area contributed by atoms with Crippen LogP contribution in [0.15, 0.2) is 36.4 Å². The van der Waals surface area contributed by atoms with Gasteiger partial charge in [-0.2, -0.15) is 0 Å². The summed E-state index contributed by atoms with van der Waals surface area (Å²) in [5, 5.41) is 32.2. The summed E-state index contributed by atoms with van der Waals surface area (Å²) in [4.78, 5) is 6.59. The van der Waals surface area contributed by atoms with Crippen molar-refractivity contribution < 1.29 is 20.1 Å². The highest BCUT2D eigenvalue weighted by Crippen LogP contribution is 2.21. The molecule has 10 heteroatoms. The number of halogens is 3. The summed E-state index contributed by atoms with van der Waals surface area (Å²) in [6, 6.07) is 12.1. The van der Waals surface area contributed by atoms with Crippen molar-refractivity contribution >= 4 is 56.6 Å². The van der Waals surface area contributed by atoms with Gasteiger partial charge in [0.1, 0.15) is 17.5 Å². The average Bonchev–Trinajstić information content (AvgIpc) is 2.90. The number of piperidine rings is 1. The molecule has 3 rings (SSSR count). The van der Waals surface area contributed by atoms with Gasteiger partial charge in [0.15, 0.2) is 0 Å². The van der Waals surface area contributed by atoms with Gasteiger partial charge in [0.25, 0.3) is 0 Å². The molecule has 38 heavy (non-hydrogen) atoms. The smallest absolute Gasteiger partial charge is 0.139 e. The molecule has 1 unspecified atom stereocenters. The third kappa shape index (κ3) is 13.5. The Hall–Kier alpha value is -0.750. The molecule has 0 spiro atoms. The monoisotopic (exact) mass is 725 g/mol. The number of benzene rings is 1. The molecule has 7 nitrogen and oxygen atoms in total. The maximum Gasteiger partial charge on any atom is 0.139 e. The van der Waals surface area contributed by atoms with Crippen LogP contribution in [0, 0.1) is 0 Å². The summed E-state index contributed by atoms with van der Waals surface area (Å²) >= 11 is 0.